The van der Waals surface area contributed by atoms with Crippen molar-refractivity contribution in [3.8, 4) is 0 Å². The minimum atomic E-state index is -0.478. The molecule has 0 aliphatic heterocycles. The highest BCUT2D eigenvalue weighted by molar-refractivity contribution is 5.96. The summed E-state index contributed by atoms with van der Waals surface area (Å²) in [6, 6.07) is 22.7. The minimum absolute atomic E-state index is 0.0766. The molecule has 2 amide bonds. The number of aliphatic hydroxyl groups is 2. The summed E-state index contributed by atoms with van der Waals surface area (Å²) in [5.41, 5.74) is 2.13. The summed E-state index contributed by atoms with van der Waals surface area (Å²) in [5.74, 6) is -0.949. The Hall–Kier alpha value is -3.55. The lowest BCUT2D eigenvalue weighted by molar-refractivity contribution is 0.0906. The van der Waals surface area contributed by atoms with E-state index in [2.05, 4.69) is 15.6 Å². The molecule has 0 radical (unpaired) electrons. The van der Waals surface area contributed by atoms with E-state index in [-0.39, 0.29) is 24.6 Å². The van der Waals surface area contributed by atoms with Crippen molar-refractivity contribution in [1.29, 1.82) is 0 Å². The summed E-state index contributed by atoms with van der Waals surface area (Å²) in [7, 11) is 0. The van der Waals surface area contributed by atoms with Gasteiger partial charge in [0.25, 0.3) is 11.8 Å². The molecule has 4 N–H and O–H groups in total. The number of rotatable bonds is 10. The molecule has 3 rings (SSSR count). The van der Waals surface area contributed by atoms with Gasteiger partial charge in [-0.25, -0.2) is 4.98 Å². The Kier molecular flexibility index (Phi) is 8.48. The highest BCUT2D eigenvalue weighted by Crippen LogP contribution is 2.07. The van der Waals surface area contributed by atoms with Gasteiger partial charge in [-0.15, -0.1) is 0 Å². The number of hydrogen-bond acceptors (Lipinski definition) is 5. The van der Waals surface area contributed by atoms with Gasteiger partial charge in [-0.3, -0.25) is 9.59 Å². The van der Waals surface area contributed by atoms with Crippen LogP contribution >= 0.6 is 0 Å². The van der Waals surface area contributed by atoms with E-state index in [1.54, 1.807) is 6.07 Å². The maximum absolute atomic E-state index is 12.6. The van der Waals surface area contributed by atoms with E-state index >= 15 is 0 Å². The molecule has 0 unspecified atom stereocenters. The van der Waals surface area contributed by atoms with E-state index in [0.29, 0.717) is 12.8 Å². The quantitative estimate of drug-likeness (QED) is 0.389. The minimum Gasteiger partial charge on any atom is -0.394 e. The van der Waals surface area contributed by atoms with Crippen molar-refractivity contribution in [1.82, 2.24) is 15.6 Å². The van der Waals surface area contributed by atoms with Crippen molar-refractivity contribution in [3.63, 3.8) is 0 Å². The predicted octanol–water partition coefficient (Wildman–Crippen LogP) is 1.75. The predicted molar refractivity (Wildman–Crippen MR) is 121 cm³/mol. The highest BCUT2D eigenvalue weighted by Gasteiger charge is 2.18. The Morgan fingerprint density at radius 2 is 1.06 bits per heavy atom. The van der Waals surface area contributed by atoms with Gasteiger partial charge in [0.15, 0.2) is 0 Å². The fraction of sp³-hybridized carbons (Fsp3) is 0.240. The van der Waals surface area contributed by atoms with E-state index in [9.17, 15) is 19.8 Å². The zero-order valence-electron chi connectivity index (χ0n) is 17.6. The average molecular weight is 434 g/mol. The van der Waals surface area contributed by atoms with Gasteiger partial charge in [0, 0.05) is 0 Å². The van der Waals surface area contributed by atoms with Crippen LogP contribution in [0.3, 0.4) is 0 Å². The molecule has 1 aromatic heterocycles. The maximum atomic E-state index is 12.6. The molecule has 2 atom stereocenters. The summed E-state index contributed by atoms with van der Waals surface area (Å²) >= 11 is 0. The summed E-state index contributed by atoms with van der Waals surface area (Å²) < 4.78 is 0. The SMILES string of the molecule is O=C(N[C@H](CO)Cc1ccccc1)c1cccc(C(=O)N[C@H](CO)Cc2ccccc2)n1. The Morgan fingerprint density at radius 1 is 0.656 bits per heavy atom. The van der Waals surface area contributed by atoms with E-state index in [1.165, 1.54) is 12.1 Å². The van der Waals surface area contributed by atoms with Gasteiger partial charge in [0.1, 0.15) is 11.4 Å². The van der Waals surface area contributed by atoms with Crippen LogP contribution in [-0.2, 0) is 12.8 Å². The molecule has 0 aliphatic rings. The number of aliphatic hydroxyl groups excluding tert-OH is 2. The molecule has 166 valence electrons. The molecule has 7 nitrogen and oxygen atoms in total. The van der Waals surface area contributed by atoms with Gasteiger partial charge < -0.3 is 20.8 Å². The molecule has 0 bridgehead atoms. The number of carbonyl (C=O) groups is 2. The normalized spacial score (nSPS) is 12.6. The zero-order valence-corrected chi connectivity index (χ0v) is 17.6. The second-order valence-electron chi connectivity index (χ2n) is 7.49. The van der Waals surface area contributed by atoms with E-state index < -0.39 is 23.9 Å². The Bertz CT molecular complexity index is 933. The number of nitrogens with one attached hydrogen (secondary N) is 2. The molecule has 0 fully saturated rings. The van der Waals surface area contributed by atoms with Crippen LogP contribution in [0.25, 0.3) is 0 Å². The van der Waals surface area contributed by atoms with Gasteiger partial charge in [-0.05, 0) is 36.1 Å². The van der Waals surface area contributed by atoms with Crippen molar-refractivity contribution in [2.24, 2.45) is 0 Å². The highest BCUT2D eigenvalue weighted by atomic mass is 16.3. The third kappa shape index (κ3) is 6.73. The lowest BCUT2D eigenvalue weighted by Gasteiger charge is -2.17. The van der Waals surface area contributed by atoms with Gasteiger partial charge in [0.05, 0.1) is 25.3 Å². The molecule has 0 spiro atoms. The van der Waals surface area contributed by atoms with Crippen molar-refractivity contribution in [2.75, 3.05) is 13.2 Å². The summed E-state index contributed by atoms with van der Waals surface area (Å²) in [6.45, 7) is -0.447. The lowest BCUT2D eigenvalue weighted by atomic mass is 10.1. The molecule has 0 saturated heterocycles. The second kappa shape index (κ2) is 11.7. The topological polar surface area (TPSA) is 112 Å². The third-order valence-corrected chi connectivity index (χ3v) is 4.98. The van der Waals surface area contributed by atoms with Crippen LogP contribution in [0, 0.1) is 0 Å². The molecule has 2 aromatic carbocycles. The van der Waals surface area contributed by atoms with Crippen LogP contribution in [0.1, 0.15) is 32.1 Å². The Labute approximate surface area is 187 Å². The molecular formula is C25H27N3O4. The van der Waals surface area contributed by atoms with Crippen molar-refractivity contribution >= 4 is 11.8 Å². The fourth-order valence-electron chi connectivity index (χ4n) is 3.33. The zero-order chi connectivity index (χ0) is 22.8. The van der Waals surface area contributed by atoms with Gasteiger partial charge in [0.2, 0.25) is 0 Å². The summed E-state index contributed by atoms with van der Waals surface area (Å²) in [6.07, 6.45) is 0.946. The molecule has 1 heterocycles. The van der Waals surface area contributed by atoms with Gasteiger partial charge in [-0.2, -0.15) is 0 Å². The maximum Gasteiger partial charge on any atom is 0.270 e. The third-order valence-electron chi connectivity index (χ3n) is 4.98. The van der Waals surface area contributed by atoms with Crippen LogP contribution in [0.4, 0.5) is 0 Å². The van der Waals surface area contributed by atoms with Crippen molar-refractivity contribution in [3.05, 3.63) is 101 Å². The first kappa shape index (κ1) is 23.1. The van der Waals surface area contributed by atoms with Crippen molar-refractivity contribution < 1.29 is 19.8 Å². The number of aromatic nitrogens is 1. The Morgan fingerprint density at radius 3 is 1.44 bits per heavy atom. The van der Waals surface area contributed by atoms with E-state index in [1.807, 2.05) is 60.7 Å². The summed E-state index contributed by atoms with van der Waals surface area (Å²) in [5, 5.41) is 24.8. The number of nitrogens with zero attached hydrogens (tertiary/aromatic N) is 1. The smallest absolute Gasteiger partial charge is 0.270 e. The standard InChI is InChI=1S/C25H27N3O4/c29-16-20(14-18-8-3-1-4-9-18)26-24(31)22-12-7-13-23(28-22)25(32)27-21(17-30)15-19-10-5-2-6-11-19/h1-13,20-21,29-30H,14-17H2,(H,26,31)(H,27,32)/t20-,21-/m0/s1. The summed E-state index contributed by atoms with van der Waals surface area (Å²) in [4.78, 5) is 29.5. The van der Waals surface area contributed by atoms with E-state index in [0.717, 1.165) is 11.1 Å². The number of hydrogen-bond donors (Lipinski definition) is 4. The fourth-order valence-corrected chi connectivity index (χ4v) is 3.33. The monoisotopic (exact) mass is 433 g/mol. The molecule has 7 heteroatoms. The number of amides is 2. The molecule has 32 heavy (non-hydrogen) atoms. The first-order valence-corrected chi connectivity index (χ1v) is 10.5. The lowest BCUT2D eigenvalue weighted by Crippen LogP contribution is -2.41. The van der Waals surface area contributed by atoms with Crippen LogP contribution in [-0.4, -0.2) is 52.3 Å². The number of benzene rings is 2. The largest absolute Gasteiger partial charge is 0.394 e. The van der Waals surface area contributed by atoms with Crippen LogP contribution in [0.5, 0.6) is 0 Å². The van der Waals surface area contributed by atoms with E-state index in [4.69, 9.17) is 0 Å². The second-order valence-corrected chi connectivity index (χ2v) is 7.49. The average Bonchev–Trinajstić information content (AvgIpc) is 2.84. The van der Waals surface area contributed by atoms with Crippen molar-refractivity contribution in [2.45, 2.75) is 24.9 Å². The molecular weight excluding hydrogens is 406 g/mol. The molecule has 3 aromatic rings. The molecule has 0 aliphatic carbocycles. The van der Waals surface area contributed by atoms with Crippen LogP contribution < -0.4 is 10.6 Å². The van der Waals surface area contributed by atoms with Crippen LogP contribution in [0.15, 0.2) is 78.9 Å². The number of pyridine rings is 1. The van der Waals surface area contributed by atoms with Gasteiger partial charge >= 0.3 is 0 Å². The molecule has 0 saturated carbocycles. The van der Waals surface area contributed by atoms with Gasteiger partial charge in [-0.1, -0.05) is 66.7 Å². The first-order chi connectivity index (χ1) is 15.6. The number of carbonyl (C=O) groups excluding carboxylic acids is 2. The van der Waals surface area contributed by atoms with Crippen LogP contribution in [0.2, 0.25) is 0 Å². The Balaban J connectivity index is 1.62. The first-order valence-electron chi connectivity index (χ1n) is 10.5.